The molecular weight excluding hydrogens is 550 g/mol. The Morgan fingerprint density at radius 3 is 2.30 bits per heavy atom. The number of para-hydroxylation sites is 2. The molecule has 0 spiro atoms. The van der Waals surface area contributed by atoms with Gasteiger partial charge in [0.2, 0.25) is 11.8 Å². The molecular formula is C30H36ClN3O5S. The SMILES string of the molecule is CCNC(=O)[C@H](CC)N(Cc1cccc(C)c1)C(=O)CN(c1ccccc1OCC)S(=O)(=O)c1ccc(Cl)cc1. The quantitative estimate of drug-likeness (QED) is 0.298. The van der Waals surface area contributed by atoms with Crippen LogP contribution in [0, 0.1) is 6.92 Å². The van der Waals surface area contributed by atoms with E-state index in [2.05, 4.69) is 5.32 Å². The maximum absolute atomic E-state index is 14.1. The predicted octanol–water partition coefficient (Wildman–Crippen LogP) is 5.19. The van der Waals surface area contributed by atoms with Gasteiger partial charge in [-0.1, -0.05) is 60.5 Å². The van der Waals surface area contributed by atoms with E-state index in [-0.39, 0.29) is 23.0 Å². The molecule has 40 heavy (non-hydrogen) atoms. The smallest absolute Gasteiger partial charge is 0.264 e. The van der Waals surface area contributed by atoms with Gasteiger partial charge in [0.25, 0.3) is 10.0 Å². The molecule has 0 bridgehead atoms. The van der Waals surface area contributed by atoms with Crippen molar-refractivity contribution < 1.29 is 22.7 Å². The van der Waals surface area contributed by atoms with Crippen LogP contribution in [-0.2, 0) is 26.2 Å². The van der Waals surface area contributed by atoms with Gasteiger partial charge in [0.1, 0.15) is 18.3 Å². The first kappa shape index (κ1) is 31.0. The summed E-state index contributed by atoms with van der Waals surface area (Å²) in [6.07, 6.45) is 0.350. The van der Waals surface area contributed by atoms with Gasteiger partial charge >= 0.3 is 0 Å². The Bertz CT molecular complexity index is 1410. The van der Waals surface area contributed by atoms with Gasteiger partial charge < -0.3 is 15.0 Å². The first-order chi connectivity index (χ1) is 19.1. The van der Waals surface area contributed by atoms with E-state index in [1.54, 1.807) is 31.2 Å². The summed E-state index contributed by atoms with van der Waals surface area (Å²) in [6.45, 7) is 7.67. The number of hydrogen-bond donors (Lipinski definition) is 1. The van der Waals surface area contributed by atoms with Gasteiger partial charge in [-0.2, -0.15) is 0 Å². The number of carbonyl (C=O) groups is 2. The molecule has 0 aliphatic heterocycles. The Balaban J connectivity index is 2.11. The van der Waals surface area contributed by atoms with Crippen molar-refractivity contribution in [2.24, 2.45) is 0 Å². The average molecular weight is 586 g/mol. The van der Waals surface area contributed by atoms with Crippen molar-refractivity contribution in [3.05, 3.63) is 88.9 Å². The van der Waals surface area contributed by atoms with Gasteiger partial charge in [-0.05, 0) is 69.2 Å². The van der Waals surface area contributed by atoms with Crippen molar-refractivity contribution in [1.82, 2.24) is 10.2 Å². The van der Waals surface area contributed by atoms with E-state index in [9.17, 15) is 18.0 Å². The van der Waals surface area contributed by atoms with Crippen LogP contribution in [0.1, 0.15) is 38.3 Å². The van der Waals surface area contributed by atoms with Crippen LogP contribution < -0.4 is 14.4 Å². The first-order valence-corrected chi connectivity index (χ1v) is 15.1. The van der Waals surface area contributed by atoms with Gasteiger partial charge in [0, 0.05) is 18.1 Å². The summed E-state index contributed by atoms with van der Waals surface area (Å²) in [5.41, 5.74) is 2.06. The van der Waals surface area contributed by atoms with Crippen LogP contribution in [0.4, 0.5) is 5.69 Å². The van der Waals surface area contributed by atoms with E-state index in [1.807, 2.05) is 45.0 Å². The van der Waals surface area contributed by atoms with E-state index in [1.165, 1.54) is 29.2 Å². The molecule has 3 aromatic carbocycles. The summed E-state index contributed by atoms with van der Waals surface area (Å²) in [6, 6.07) is 19.3. The number of nitrogens with zero attached hydrogens (tertiary/aromatic N) is 2. The predicted molar refractivity (Wildman–Crippen MR) is 158 cm³/mol. The number of sulfonamides is 1. The third-order valence-electron chi connectivity index (χ3n) is 6.29. The minimum Gasteiger partial charge on any atom is -0.492 e. The standard InChI is InChI=1S/C30H36ClN3O5S/c1-5-26(30(36)32-6-2)33(20-23-12-10-11-22(4)19-23)29(35)21-34(27-13-8-9-14-28(27)39-7-3)40(37,38)25-17-15-24(31)16-18-25/h8-19,26H,5-7,20-21H2,1-4H3,(H,32,36)/t26-/m0/s1. The molecule has 0 saturated carbocycles. The number of anilines is 1. The number of likely N-dealkylation sites (N-methyl/N-ethyl adjacent to an activating group) is 1. The lowest BCUT2D eigenvalue weighted by molar-refractivity contribution is -0.140. The molecule has 0 aromatic heterocycles. The zero-order valence-corrected chi connectivity index (χ0v) is 24.8. The molecule has 8 nitrogen and oxygen atoms in total. The van der Waals surface area contributed by atoms with Gasteiger partial charge in [0.05, 0.1) is 17.2 Å². The number of amides is 2. The van der Waals surface area contributed by atoms with Gasteiger partial charge in [-0.3, -0.25) is 13.9 Å². The van der Waals surface area contributed by atoms with Crippen LogP contribution >= 0.6 is 11.6 Å². The van der Waals surface area contributed by atoms with E-state index < -0.39 is 28.5 Å². The lowest BCUT2D eigenvalue weighted by Crippen LogP contribution is -2.52. The van der Waals surface area contributed by atoms with Crippen molar-refractivity contribution >= 4 is 39.1 Å². The number of rotatable bonds is 13. The van der Waals surface area contributed by atoms with Crippen LogP contribution in [-0.4, -0.2) is 50.9 Å². The van der Waals surface area contributed by atoms with Crippen molar-refractivity contribution in [1.29, 1.82) is 0 Å². The second-order valence-corrected chi connectivity index (χ2v) is 11.5. The molecule has 0 aliphatic carbocycles. The molecule has 214 valence electrons. The van der Waals surface area contributed by atoms with Gasteiger partial charge in [-0.25, -0.2) is 8.42 Å². The Labute approximate surface area is 241 Å². The molecule has 3 aromatic rings. The maximum Gasteiger partial charge on any atom is 0.264 e. The first-order valence-electron chi connectivity index (χ1n) is 13.2. The van der Waals surface area contributed by atoms with E-state index in [4.69, 9.17) is 16.3 Å². The highest BCUT2D eigenvalue weighted by Gasteiger charge is 2.34. The minimum atomic E-state index is -4.24. The highest BCUT2D eigenvalue weighted by Crippen LogP contribution is 2.33. The topological polar surface area (TPSA) is 96.0 Å². The molecule has 0 fully saturated rings. The minimum absolute atomic E-state index is 0.0306. The number of halogens is 1. The number of aryl methyl sites for hydroxylation is 1. The highest BCUT2D eigenvalue weighted by atomic mass is 35.5. The van der Waals surface area contributed by atoms with E-state index in [0.717, 1.165) is 15.4 Å². The lowest BCUT2D eigenvalue weighted by atomic mass is 10.1. The van der Waals surface area contributed by atoms with Crippen LogP contribution in [0.3, 0.4) is 0 Å². The van der Waals surface area contributed by atoms with Crippen LogP contribution in [0.2, 0.25) is 5.02 Å². The second kappa shape index (κ2) is 14.2. The van der Waals surface area contributed by atoms with E-state index in [0.29, 0.717) is 30.3 Å². The summed E-state index contributed by atoms with van der Waals surface area (Å²) in [4.78, 5) is 28.6. The summed E-state index contributed by atoms with van der Waals surface area (Å²) in [5.74, 6) is -0.507. The molecule has 0 heterocycles. The number of hydrogen-bond acceptors (Lipinski definition) is 5. The van der Waals surface area contributed by atoms with Crippen molar-refractivity contribution in [3.63, 3.8) is 0 Å². The number of carbonyl (C=O) groups excluding carboxylic acids is 2. The largest absolute Gasteiger partial charge is 0.492 e. The molecule has 0 radical (unpaired) electrons. The van der Waals surface area contributed by atoms with Crippen molar-refractivity contribution in [2.75, 3.05) is 24.0 Å². The average Bonchev–Trinajstić information content (AvgIpc) is 2.92. The zero-order valence-electron chi connectivity index (χ0n) is 23.3. The number of nitrogens with one attached hydrogen (secondary N) is 1. The lowest BCUT2D eigenvalue weighted by Gasteiger charge is -2.33. The maximum atomic E-state index is 14.1. The Kier molecular flexibility index (Phi) is 11.0. The summed E-state index contributed by atoms with van der Waals surface area (Å²) < 4.78 is 34.8. The Morgan fingerprint density at radius 2 is 1.68 bits per heavy atom. The molecule has 2 amide bonds. The fraction of sp³-hybridized carbons (Fsp3) is 0.333. The van der Waals surface area contributed by atoms with Crippen molar-refractivity contribution in [2.45, 2.75) is 51.6 Å². The monoisotopic (exact) mass is 585 g/mol. The number of ether oxygens (including phenoxy) is 1. The van der Waals surface area contributed by atoms with Crippen molar-refractivity contribution in [3.8, 4) is 5.75 Å². The molecule has 0 aliphatic rings. The summed E-state index contributed by atoms with van der Waals surface area (Å²) in [7, 11) is -4.24. The Morgan fingerprint density at radius 1 is 0.975 bits per heavy atom. The molecule has 1 N–H and O–H groups in total. The second-order valence-electron chi connectivity index (χ2n) is 9.20. The highest BCUT2D eigenvalue weighted by molar-refractivity contribution is 7.92. The van der Waals surface area contributed by atoms with Gasteiger partial charge in [0.15, 0.2) is 0 Å². The fourth-order valence-electron chi connectivity index (χ4n) is 4.41. The van der Waals surface area contributed by atoms with Crippen LogP contribution in [0.15, 0.2) is 77.7 Å². The number of benzene rings is 3. The summed E-state index contributed by atoms with van der Waals surface area (Å²) >= 11 is 6.02. The third-order valence-corrected chi connectivity index (χ3v) is 8.31. The molecule has 3 rings (SSSR count). The summed E-state index contributed by atoms with van der Waals surface area (Å²) in [5, 5.41) is 3.19. The van der Waals surface area contributed by atoms with Crippen LogP contribution in [0.5, 0.6) is 5.75 Å². The van der Waals surface area contributed by atoms with E-state index >= 15 is 0 Å². The van der Waals surface area contributed by atoms with Crippen LogP contribution in [0.25, 0.3) is 0 Å². The third kappa shape index (κ3) is 7.55. The van der Waals surface area contributed by atoms with Gasteiger partial charge in [-0.15, -0.1) is 0 Å². The molecule has 0 unspecified atom stereocenters. The molecule has 1 atom stereocenters. The zero-order chi connectivity index (χ0) is 29.3. The molecule has 0 saturated heterocycles. The fourth-order valence-corrected chi connectivity index (χ4v) is 5.96. The molecule has 10 heteroatoms. The Hall–Kier alpha value is -3.56. The normalized spacial score (nSPS) is 11.9.